The number of hydrogen-bond donors (Lipinski definition) is 2. The van der Waals surface area contributed by atoms with Crippen molar-refractivity contribution in [3.05, 3.63) is 35.1 Å². The van der Waals surface area contributed by atoms with Gasteiger partial charge in [-0.1, -0.05) is 0 Å². The summed E-state index contributed by atoms with van der Waals surface area (Å²) in [6, 6.07) is 3.67. The molecule has 1 aromatic carbocycles. The summed E-state index contributed by atoms with van der Waals surface area (Å²) in [5, 5.41) is 17.1. The van der Waals surface area contributed by atoms with Crippen molar-refractivity contribution in [3.63, 3.8) is 0 Å². The molecule has 1 atom stereocenters. The molecule has 1 aromatic rings. The van der Waals surface area contributed by atoms with E-state index in [0.29, 0.717) is 0 Å². The van der Waals surface area contributed by atoms with Crippen molar-refractivity contribution in [1.29, 1.82) is 5.26 Å². The predicted molar refractivity (Wildman–Crippen MR) is 45.7 cm³/mol. The van der Waals surface area contributed by atoms with E-state index in [4.69, 9.17) is 16.1 Å². The van der Waals surface area contributed by atoms with Crippen LogP contribution in [0.3, 0.4) is 0 Å². The molecule has 0 aromatic heterocycles. The van der Waals surface area contributed by atoms with Gasteiger partial charge in [-0.05, 0) is 23.8 Å². The van der Waals surface area contributed by atoms with E-state index in [1.165, 1.54) is 6.07 Å². The lowest BCUT2D eigenvalue weighted by Gasteiger charge is -2.06. The molecule has 0 spiro atoms. The van der Waals surface area contributed by atoms with Crippen LogP contribution >= 0.6 is 0 Å². The van der Waals surface area contributed by atoms with E-state index >= 15 is 0 Å². The summed E-state index contributed by atoms with van der Waals surface area (Å²) in [6.07, 6.45) is 0. The van der Waals surface area contributed by atoms with Crippen molar-refractivity contribution in [2.45, 2.75) is 6.04 Å². The minimum absolute atomic E-state index is 0.0525. The number of hydrogen-bond acceptors (Lipinski definition) is 3. The summed E-state index contributed by atoms with van der Waals surface area (Å²) in [6.45, 7) is 0. The second-order valence-electron chi connectivity index (χ2n) is 2.70. The third-order valence-electron chi connectivity index (χ3n) is 1.67. The summed E-state index contributed by atoms with van der Waals surface area (Å²) < 4.78 is 12.8. The molecule has 3 N–H and O–H groups in total. The smallest absolute Gasteiger partial charge is 0.325 e. The van der Waals surface area contributed by atoms with Gasteiger partial charge in [-0.2, -0.15) is 5.26 Å². The molecule has 14 heavy (non-hydrogen) atoms. The number of halogens is 1. The Morgan fingerprint density at radius 2 is 2.21 bits per heavy atom. The van der Waals surface area contributed by atoms with Crippen LogP contribution < -0.4 is 5.73 Å². The Morgan fingerprint density at radius 3 is 2.71 bits per heavy atom. The maximum atomic E-state index is 12.8. The summed E-state index contributed by atoms with van der Waals surface area (Å²) >= 11 is 0. The molecule has 0 amide bonds. The topological polar surface area (TPSA) is 87.1 Å². The first-order valence-electron chi connectivity index (χ1n) is 3.73. The number of nitrogens with two attached hydrogens (primary N) is 1. The van der Waals surface area contributed by atoms with E-state index in [1.54, 1.807) is 6.07 Å². The van der Waals surface area contributed by atoms with Crippen LogP contribution in [0.5, 0.6) is 0 Å². The van der Waals surface area contributed by atoms with Crippen LogP contribution in [-0.4, -0.2) is 11.1 Å². The number of carboxylic acids is 1. The Bertz CT molecular complexity index is 412. The number of carboxylic acid groups (broad SMARTS) is 1. The highest BCUT2D eigenvalue weighted by Crippen LogP contribution is 2.14. The largest absolute Gasteiger partial charge is 0.480 e. The van der Waals surface area contributed by atoms with Gasteiger partial charge in [0, 0.05) is 0 Å². The van der Waals surface area contributed by atoms with Gasteiger partial charge in [-0.3, -0.25) is 4.79 Å². The summed E-state index contributed by atoms with van der Waals surface area (Å²) in [4.78, 5) is 10.5. The lowest BCUT2D eigenvalue weighted by Crippen LogP contribution is -2.20. The number of aliphatic carboxylic acids is 1. The van der Waals surface area contributed by atoms with E-state index in [9.17, 15) is 9.18 Å². The Labute approximate surface area is 79.4 Å². The zero-order valence-corrected chi connectivity index (χ0v) is 7.07. The van der Waals surface area contributed by atoms with Crippen molar-refractivity contribution < 1.29 is 14.3 Å². The maximum absolute atomic E-state index is 12.8. The SMILES string of the molecule is N#Cc1cc(F)cc([C@H](N)C(=O)O)c1. The minimum Gasteiger partial charge on any atom is -0.480 e. The van der Waals surface area contributed by atoms with Crippen molar-refractivity contribution in [2.24, 2.45) is 5.73 Å². The molecule has 0 aliphatic carbocycles. The summed E-state index contributed by atoms with van der Waals surface area (Å²) in [7, 11) is 0. The first-order chi connectivity index (χ1) is 6.54. The summed E-state index contributed by atoms with van der Waals surface area (Å²) in [5.74, 6) is -1.93. The highest BCUT2D eigenvalue weighted by Gasteiger charge is 2.15. The molecule has 4 nitrogen and oxygen atoms in total. The van der Waals surface area contributed by atoms with Gasteiger partial charge < -0.3 is 10.8 Å². The molecule has 1 rings (SSSR count). The lowest BCUT2D eigenvalue weighted by molar-refractivity contribution is -0.138. The number of benzene rings is 1. The average Bonchev–Trinajstić information content (AvgIpc) is 2.15. The third kappa shape index (κ3) is 2.06. The van der Waals surface area contributed by atoms with Gasteiger partial charge in [0.25, 0.3) is 0 Å². The lowest BCUT2D eigenvalue weighted by atomic mass is 10.1. The molecule has 0 heterocycles. The van der Waals surface area contributed by atoms with E-state index in [-0.39, 0.29) is 11.1 Å². The first-order valence-corrected chi connectivity index (χ1v) is 3.73. The fourth-order valence-electron chi connectivity index (χ4n) is 0.999. The van der Waals surface area contributed by atoms with Gasteiger partial charge in [0.1, 0.15) is 11.9 Å². The third-order valence-corrected chi connectivity index (χ3v) is 1.67. The van der Waals surface area contributed by atoms with Gasteiger partial charge in [0.15, 0.2) is 0 Å². The zero-order chi connectivity index (χ0) is 10.7. The standard InChI is InChI=1S/C9H7FN2O2/c10-7-2-5(4-11)1-6(3-7)8(12)9(13)14/h1-3,8H,12H2,(H,13,14)/t8-/m0/s1. The van der Waals surface area contributed by atoms with Gasteiger partial charge in [-0.25, -0.2) is 4.39 Å². The van der Waals surface area contributed by atoms with Crippen LogP contribution in [0.25, 0.3) is 0 Å². The van der Waals surface area contributed by atoms with Crippen molar-refractivity contribution in [1.82, 2.24) is 0 Å². The molecule has 0 radical (unpaired) electrons. The van der Waals surface area contributed by atoms with E-state index in [2.05, 4.69) is 0 Å². The normalized spacial score (nSPS) is 11.8. The van der Waals surface area contributed by atoms with Crippen molar-refractivity contribution in [2.75, 3.05) is 0 Å². The molecule has 72 valence electrons. The second-order valence-corrected chi connectivity index (χ2v) is 2.70. The Kier molecular flexibility index (Phi) is 2.79. The molecule has 0 saturated carbocycles. The van der Waals surface area contributed by atoms with Crippen LogP contribution in [0.1, 0.15) is 17.2 Å². The van der Waals surface area contributed by atoms with E-state index in [0.717, 1.165) is 12.1 Å². The van der Waals surface area contributed by atoms with Crippen molar-refractivity contribution in [3.8, 4) is 6.07 Å². The van der Waals surface area contributed by atoms with E-state index in [1.807, 2.05) is 0 Å². The molecule has 0 aliphatic rings. The fourth-order valence-corrected chi connectivity index (χ4v) is 0.999. The van der Waals surface area contributed by atoms with Gasteiger partial charge in [-0.15, -0.1) is 0 Å². The quantitative estimate of drug-likeness (QED) is 0.728. The fraction of sp³-hybridized carbons (Fsp3) is 0.111. The van der Waals surface area contributed by atoms with Crippen LogP contribution in [0.4, 0.5) is 4.39 Å². The number of rotatable bonds is 2. The molecule has 0 saturated heterocycles. The monoisotopic (exact) mass is 194 g/mol. The number of nitriles is 1. The molecule has 5 heteroatoms. The van der Waals surface area contributed by atoms with Gasteiger partial charge in [0.2, 0.25) is 0 Å². The van der Waals surface area contributed by atoms with Gasteiger partial charge >= 0.3 is 5.97 Å². The Morgan fingerprint density at radius 1 is 1.57 bits per heavy atom. The molecular weight excluding hydrogens is 187 g/mol. The highest BCUT2D eigenvalue weighted by atomic mass is 19.1. The Hall–Kier alpha value is -1.93. The van der Waals surface area contributed by atoms with Crippen LogP contribution in [0.2, 0.25) is 0 Å². The van der Waals surface area contributed by atoms with Crippen LogP contribution in [-0.2, 0) is 4.79 Å². The average molecular weight is 194 g/mol. The zero-order valence-electron chi connectivity index (χ0n) is 7.07. The molecule has 0 unspecified atom stereocenters. The van der Waals surface area contributed by atoms with Gasteiger partial charge in [0.05, 0.1) is 11.6 Å². The first kappa shape index (κ1) is 10.2. The Balaban J connectivity index is 3.17. The molecule has 0 bridgehead atoms. The number of carbonyl (C=O) groups is 1. The van der Waals surface area contributed by atoms with Crippen molar-refractivity contribution >= 4 is 5.97 Å². The van der Waals surface area contributed by atoms with Crippen LogP contribution in [0, 0.1) is 17.1 Å². The maximum Gasteiger partial charge on any atom is 0.325 e. The highest BCUT2D eigenvalue weighted by molar-refractivity contribution is 5.75. The predicted octanol–water partition coefficient (Wildman–Crippen LogP) is 0.782. The second kappa shape index (κ2) is 3.85. The summed E-state index contributed by atoms with van der Waals surface area (Å²) in [5.41, 5.74) is 5.38. The molecule has 0 fully saturated rings. The minimum atomic E-state index is -1.31. The van der Waals surface area contributed by atoms with E-state index < -0.39 is 17.8 Å². The molecular formula is C9H7FN2O2. The van der Waals surface area contributed by atoms with Crippen LogP contribution in [0.15, 0.2) is 18.2 Å². The number of nitrogens with zero attached hydrogens (tertiary/aromatic N) is 1. The molecule has 0 aliphatic heterocycles.